The molecule has 3 nitrogen and oxygen atoms in total. The monoisotopic (exact) mass is 143 g/mol. The third-order valence-electron chi connectivity index (χ3n) is 1.60. The van der Waals surface area contributed by atoms with Crippen LogP contribution in [-0.2, 0) is 9.53 Å². The highest BCUT2D eigenvalue weighted by Gasteiger charge is 2.17. The molecule has 0 aromatic heterocycles. The van der Waals surface area contributed by atoms with Crippen LogP contribution in [-0.4, -0.2) is 25.2 Å². The van der Waals surface area contributed by atoms with Crippen molar-refractivity contribution in [1.29, 1.82) is 0 Å². The lowest BCUT2D eigenvalue weighted by atomic mass is 10.3. The summed E-state index contributed by atoms with van der Waals surface area (Å²) in [7, 11) is 0. The third-order valence-corrected chi connectivity index (χ3v) is 1.60. The molecule has 1 aliphatic rings. The van der Waals surface area contributed by atoms with Gasteiger partial charge >= 0.3 is 5.97 Å². The molecule has 1 fully saturated rings. The Morgan fingerprint density at radius 3 is 3.10 bits per heavy atom. The molecular formula is C7H13NO2. The van der Waals surface area contributed by atoms with Crippen LogP contribution in [0.1, 0.15) is 19.8 Å². The average Bonchev–Trinajstić information content (AvgIpc) is 2.40. The molecule has 0 aromatic rings. The van der Waals surface area contributed by atoms with Gasteiger partial charge in [0.2, 0.25) is 0 Å². The van der Waals surface area contributed by atoms with Gasteiger partial charge in [-0.1, -0.05) is 6.92 Å². The highest BCUT2D eigenvalue weighted by Crippen LogP contribution is 2.03. The zero-order valence-electron chi connectivity index (χ0n) is 6.22. The maximum absolute atomic E-state index is 10.7. The quantitative estimate of drug-likeness (QED) is 0.565. The van der Waals surface area contributed by atoms with Gasteiger partial charge in [0, 0.05) is 13.0 Å². The first kappa shape index (κ1) is 7.54. The minimum absolute atomic E-state index is 0.0892. The number of ether oxygens (including phenoxy) is 1. The van der Waals surface area contributed by atoms with Gasteiger partial charge in [0.15, 0.2) is 0 Å². The molecule has 0 amide bonds. The van der Waals surface area contributed by atoms with Crippen LogP contribution in [0, 0.1) is 0 Å². The van der Waals surface area contributed by atoms with Crippen molar-refractivity contribution in [2.24, 2.45) is 0 Å². The molecule has 0 aromatic carbocycles. The standard InChI is InChI=1S/C7H13NO2/c1-2-7(9)10-6-3-4-8-5-6/h6,8H,2-5H2,1H3. The zero-order valence-corrected chi connectivity index (χ0v) is 6.22. The highest BCUT2D eigenvalue weighted by atomic mass is 16.5. The smallest absolute Gasteiger partial charge is 0.305 e. The third kappa shape index (κ3) is 1.99. The molecule has 0 radical (unpaired) electrons. The van der Waals surface area contributed by atoms with Crippen molar-refractivity contribution in [3.05, 3.63) is 0 Å². The minimum atomic E-state index is -0.0892. The number of nitrogens with one attached hydrogen (secondary N) is 1. The van der Waals surface area contributed by atoms with Crippen LogP contribution in [0.2, 0.25) is 0 Å². The molecule has 1 saturated heterocycles. The number of carbonyl (C=O) groups is 1. The molecule has 1 atom stereocenters. The lowest BCUT2D eigenvalue weighted by molar-refractivity contribution is -0.147. The topological polar surface area (TPSA) is 38.3 Å². The van der Waals surface area contributed by atoms with E-state index in [1.807, 2.05) is 6.92 Å². The predicted octanol–water partition coefficient (Wildman–Crippen LogP) is 0.301. The summed E-state index contributed by atoms with van der Waals surface area (Å²) in [5, 5.41) is 3.12. The number of esters is 1. The van der Waals surface area contributed by atoms with Gasteiger partial charge in [-0.3, -0.25) is 4.79 Å². The van der Waals surface area contributed by atoms with Crippen molar-refractivity contribution in [3.8, 4) is 0 Å². The van der Waals surface area contributed by atoms with Crippen molar-refractivity contribution >= 4 is 5.97 Å². The van der Waals surface area contributed by atoms with Crippen molar-refractivity contribution in [1.82, 2.24) is 5.32 Å². The van der Waals surface area contributed by atoms with E-state index in [1.165, 1.54) is 0 Å². The van der Waals surface area contributed by atoms with Crippen molar-refractivity contribution < 1.29 is 9.53 Å². The van der Waals surface area contributed by atoms with Crippen LogP contribution in [0.4, 0.5) is 0 Å². The summed E-state index contributed by atoms with van der Waals surface area (Å²) in [6.07, 6.45) is 1.58. The summed E-state index contributed by atoms with van der Waals surface area (Å²) >= 11 is 0. The molecule has 3 heteroatoms. The molecule has 1 aliphatic heterocycles. The second kappa shape index (κ2) is 3.56. The van der Waals surface area contributed by atoms with Gasteiger partial charge in [-0.15, -0.1) is 0 Å². The average molecular weight is 143 g/mol. The van der Waals surface area contributed by atoms with E-state index >= 15 is 0 Å². The zero-order chi connectivity index (χ0) is 7.40. The van der Waals surface area contributed by atoms with E-state index in [1.54, 1.807) is 0 Å². The molecule has 58 valence electrons. The summed E-state index contributed by atoms with van der Waals surface area (Å²) < 4.78 is 5.06. The Labute approximate surface area is 60.7 Å². The van der Waals surface area contributed by atoms with Gasteiger partial charge in [-0.05, 0) is 13.0 Å². The van der Waals surface area contributed by atoms with Crippen molar-refractivity contribution in [3.63, 3.8) is 0 Å². The fourth-order valence-electron chi connectivity index (χ4n) is 0.998. The Hall–Kier alpha value is -0.570. The molecule has 1 rings (SSSR count). The van der Waals surface area contributed by atoms with Gasteiger partial charge in [-0.2, -0.15) is 0 Å². The van der Waals surface area contributed by atoms with E-state index in [-0.39, 0.29) is 12.1 Å². The maximum Gasteiger partial charge on any atom is 0.305 e. The second-order valence-corrected chi connectivity index (χ2v) is 2.46. The normalized spacial score (nSPS) is 24.7. The van der Waals surface area contributed by atoms with Gasteiger partial charge in [0.05, 0.1) is 0 Å². The number of carbonyl (C=O) groups excluding carboxylic acids is 1. The Balaban J connectivity index is 2.17. The highest BCUT2D eigenvalue weighted by molar-refractivity contribution is 5.69. The first-order valence-electron chi connectivity index (χ1n) is 3.73. The fraction of sp³-hybridized carbons (Fsp3) is 0.857. The van der Waals surface area contributed by atoms with E-state index in [9.17, 15) is 4.79 Å². The maximum atomic E-state index is 10.7. The summed E-state index contributed by atoms with van der Waals surface area (Å²) in [4.78, 5) is 10.7. The Morgan fingerprint density at radius 1 is 1.80 bits per heavy atom. The van der Waals surface area contributed by atoms with E-state index in [0.717, 1.165) is 19.5 Å². The largest absolute Gasteiger partial charge is 0.461 e. The Bertz CT molecular complexity index is 119. The van der Waals surface area contributed by atoms with Crippen LogP contribution in [0.3, 0.4) is 0 Å². The van der Waals surface area contributed by atoms with E-state index in [0.29, 0.717) is 6.42 Å². The molecule has 1 N–H and O–H groups in total. The van der Waals surface area contributed by atoms with Crippen LogP contribution < -0.4 is 5.32 Å². The van der Waals surface area contributed by atoms with E-state index < -0.39 is 0 Å². The van der Waals surface area contributed by atoms with Crippen LogP contribution in [0.15, 0.2) is 0 Å². The number of hydrogen-bond acceptors (Lipinski definition) is 3. The van der Waals surface area contributed by atoms with E-state index in [4.69, 9.17) is 4.74 Å². The van der Waals surface area contributed by atoms with Gasteiger partial charge in [0.25, 0.3) is 0 Å². The van der Waals surface area contributed by atoms with Crippen LogP contribution >= 0.6 is 0 Å². The van der Waals surface area contributed by atoms with Gasteiger partial charge in [0.1, 0.15) is 6.10 Å². The molecule has 0 saturated carbocycles. The molecule has 0 spiro atoms. The summed E-state index contributed by atoms with van der Waals surface area (Å²) in [5.41, 5.74) is 0. The summed E-state index contributed by atoms with van der Waals surface area (Å²) in [6, 6.07) is 0. The molecule has 10 heavy (non-hydrogen) atoms. The molecule has 1 unspecified atom stereocenters. The predicted molar refractivity (Wildman–Crippen MR) is 37.7 cm³/mol. The van der Waals surface area contributed by atoms with Crippen molar-refractivity contribution in [2.75, 3.05) is 13.1 Å². The van der Waals surface area contributed by atoms with E-state index in [2.05, 4.69) is 5.32 Å². The fourth-order valence-corrected chi connectivity index (χ4v) is 0.998. The van der Waals surface area contributed by atoms with Crippen LogP contribution in [0.25, 0.3) is 0 Å². The number of rotatable bonds is 2. The second-order valence-electron chi connectivity index (χ2n) is 2.46. The SMILES string of the molecule is CCC(=O)OC1CCNC1. The minimum Gasteiger partial charge on any atom is -0.461 e. The first-order valence-corrected chi connectivity index (χ1v) is 3.73. The summed E-state index contributed by atoms with van der Waals surface area (Å²) in [6.45, 7) is 3.61. The molecular weight excluding hydrogens is 130 g/mol. The summed E-state index contributed by atoms with van der Waals surface area (Å²) in [5.74, 6) is -0.0892. The Kier molecular flexibility index (Phi) is 2.68. The van der Waals surface area contributed by atoms with Gasteiger partial charge in [-0.25, -0.2) is 0 Å². The van der Waals surface area contributed by atoms with Crippen LogP contribution in [0.5, 0.6) is 0 Å². The molecule has 0 bridgehead atoms. The Morgan fingerprint density at radius 2 is 2.60 bits per heavy atom. The lowest BCUT2D eigenvalue weighted by Gasteiger charge is -2.08. The van der Waals surface area contributed by atoms with Gasteiger partial charge < -0.3 is 10.1 Å². The molecule has 0 aliphatic carbocycles. The lowest BCUT2D eigenvalue weighted by Crippen LogP contribution is -2.20. The molecule has 1 heterocycles. The first-order chi connectivity index (χ1) is 4.83. The number of hydrogen-bond donors (Lipinski definition) is 1. The van der Waals surface area contributed by atoms with Crippen molar-refractivity contribution in [2.45, 2.75) is 25.9 Å².